The van der Waals surface area contributed by atoms with Crippen LogP contribution in [0.5, 0.6) is 5.75 Å². The predicted octanol–water partition coefficient (Wildman–Crippen LogP) is 4.18. The van der Waals surface area contributed by atoms with E-state index in [-0.39, 0.29) is 5.41 Å². The Hall–Kier alpha value is -1.74. The van der Waals surface area contributed by atoms with E-state index in [0.717, 1.165) is 17.1 Å². The second-order valence-corrected chi connectivity index (χ2v) is 6.42. The van der Waals surface area contributed by atoms with E-state index in [0.29, 0.717) is 13.2 Å². The fraction of sp³-hybridized carbons (Fsp3) is 0.444. The third kappa shape index (κ3) is 3.88. The smallest absolute Gasteiger partial charge is 0.124 e. The van der Waals surface area contributed by atoms with Crippen LogP contribution < -0.4 is 10.1 Å². The van der Waals surface area contributed by atoms with Gasteiger partial charge in [0, 0.05) is 5.56 Å². The van der Waals surface area contributed by atoms with Crippen LogP contribution in [0, 0.1) is 6.92 Å². The van der Waals surface area contributed by atoms with E-state index in [1.807, 2.05) is 13.1 Å². The summed E-state index contributed by atoms with van der Waals surface area (Å²) in [4.78, 5) is 0. The van der Waals surface area contributed by atoms with Gasteiger partial charge in [0.1, 0.15) is 18.1 Å². The van der Waals surface area contributed by atoms with Gasteiger partial charge in [-0.3, -0.25) is 0 Å². The maximum atomic E-state index is 5.95. The number of aryl methyl sites for hydroxylation is 1. The first-order valence-electron chi connectivity index (χ1n) is 7.35. The standard InChI is InChI=1S/C18H25NO2/c1-13-10-15(18(2,3)4)6-7-16(13)21-12-14-8-9-20-17(14)11-19-5/h6-10,19H,11-12H2,1-5H3. The summed E-state index contributed by atoms with van der Waals surface area (Å²) in [6.07, 6.45) is 1.71. The molecule has 0 aliphatic heterocycles. The maximum absolute atomic E-state index is 5.95. The number of hydrogen-bond donors (Lipinski definition) is 1. The van der Waals surface area contributed by atoms with Gasteiger partial charge in [-0.05, 0) is 42.6 Å². The molecule has 2 aromatic rings. The van der Waals surface area contributed by atoms with Gasteiger partial charge in [-0.25, -0.2) is 0 Å². The molecule has 0 aliphatic carbocycles. The van der Waals surface area contributed by atoms with Crippen LogP contribution in [0.2, 0.25) is 0 Å². The minimum Gasteiger partial charge on any atom is -0.489 e. The van der Waals surface area contributed by atoms with Crippen LogP contribution in [0.1, 0.15) is 43.2 Å². The summed E-state index contributed by atoms with van der Waals surface area (Å²) < 4.78 is 11.4. The molecule has 0 saturated carbocycles. The molecule has 3 nitrogen and oxygen atoms in total. The monoisotopic (exact) mass is 287 g/mol. The van der Waals surface area contributed by atoms with Crippen LogP contribution in [-0.2, 0) is 18.6 Å². The molecule has 0 radical (unpaired) electrons. The van der Waals surface area contributed by atoms with Crippen molar-refractivity contribution < 1.29 is 9.15 Å². The third-order valence-corrected chi connectivity index (χ3v) is 3.60. The molecule has 21 heavy (non-hydrogen) atoms. The summed E-state index contributed by atoms with van der Waals surface area (Å²) in [6, 6.07) is 8.38. The summed E-state index contributed by atoms with van der Waals surface area (Å²) in [5.41, 5.74) is 3.74. The SMILES string of the molecule is CNCc1occc1COc1ccc(C(C)(C)C)cc1C. The molecule has 0 spiro atoms. The van der Waals surface area contributed by atoms with E-state index in [4.69, 9.17) is 9.15 Å². The van der Waals surface area contributed by atoms with Gasteiger partial charge in [-0.1, -0.05) is 32.9 Å². The average Bonchev–Trinajstić information content (AvgIpc) is 2.84. The number of nitrogens with one attached hydrogen (secondary N) is 1. The highest BCUT2D eigenvalue weighted by atomic mass is 16.5. The molecule has 0 aliphatic rings. The van der Waals surface area contributed by atoms with Crippen LogP contribution >= 0.6 is 0 Å². The van der Waals surface area contributed by atoms with Crippen molar-refractivity contribution in [3.05, 3.63) is 53.0 Å². The lowest BCUT2D eigenvalue weighted by Crippen LogP contribution is -2.11. The second kappa shape index (κ2) is 6.35. The van der Waals surface area contributed by atoms with E-state index in [1.54, 1.807) is 6.26 Å². The van der Waals surface area contributed by atoms with Gasteiger partial charge in [0.05, 0.1) is 12.8 Å². The predicted molar refractivity (Wildman–Crippen MR) is 85.7 cm³/mol. The number of benzene rings is 1. The summed E-state index contributed by atoms with van der Waals surface area (Å²) >= 11 is 0. The Bertz CT molecular complexity index is 594. The first kappa shape index (κ1) is 15.6. The Kier molecular flexibility index (Phi) is 4.73. The molecule has 1 heterocycles. The fourth-order valence-electron chi connectivity index (χ4n) is 2.24. The zero-order valence-corrected chi connectivity index (χ0v) is 13.6. The topological polar surface area (TPSA) is 34.4 Å². The second-order valence-electron chi connectivity index (χ2n) is 6.42. The molecule has 0 unspecified atom stereocenters. The van der Waals surface area contributed by atoms with Gasteiger partial charge in [0.2, 0.25) is 0 Å². The zero-order chi connectivity index (χ0) is 15.5. The number of hydrogen-bond acceptors (Lipinski definition) is 3. The van der Waals surface area contributed by atoms with Crippen molar-refractivity contribution in [2.75, 3.05) is 7.05 Å². The molecule has 114 valence electrons. The van der Waals surface area contributed by atoms with Crippen molar-refractivity contribution in [2.45, 2.75) is 46.3 Å². The highest BCUT2D eigenvalue weighted by Crippen LogP contribution is 2.28. The van der Waals surface area contributed by atoms with Crippen molar-refractivity contribution in [2.24, 2.45) is 0 Å². The maximum Gasteiger partial charge on any atom is 0.124 e. The molecule has 1 aromatic carbocycles. The van der Waals surface area contributed by atoms with Crippen LogP contribution in [0.3, 0.4) is 0 Å². The lowest BCUT2D eigenvalue weighted by atomic mass is 9.86. The van der Waals surface area contributed by atoms with Gasteiger partial charge in [-0.2, -0.15) is 0 Å². The van der Waals surface area contributed by atoms with Gasteiger partial charge in [-0.15, -0.1) is 0 Å². The third-order valence-electron chi connectivity index (χ3n) is 3.60. The molecule has 0 saturated heterocycles. The summed E-state index contributed by atoms with van der Waals surface area (Å²) in [5, 5.41) is 3.09. The molecule has 2 rings (SSSR count). The average molecular weight is 287 g/mol. The van der Waals surface area contributed by atoms with E-state index in [2.05, 4.69) is 51.2 Å². The summed E-state index contributed by atoms with van der Waals surface area (Å²) in [6.45, 7) is 10.00. The lowest BCUT2D eigenvalue weighted by Gasteiger charge is -2.20. The van der Waals surface area contributed by atoms with Crippen LogP contribution in [0.4, 0.5) is 0 Å². The largest absolute Gasteiger partial charge is 0.489 e. The van der Waals surface area contributed by atoms with Gasteiger partial charge in [0.25, 0.3) is 0 Å². The first-order valence-corrected chi connectivity index (χ1v) is 7.35. The minimum atomic E-state index is 0.161. The van der Waals surface area contributed by atoms with E-state index in [9.17, 15) is 0 Å². The fourth-order valence-corrected chi connectivity index (χ4v) is 2.24. The normalized spacial score (nSPS) is 11.7. The first-order chi connectivity index (χ1) is 9.91. The highest BCUT2D eigenvalue weighted by molar-refractivity contribution is 5.39. The van der Waals surface area contributed by atoms with Crippen molar-refractivity contribution in [1.29, 1.82) is 0 Å². The molecular weight excluding hydrogens is 262 g/mol. The number of ether oxygens (including phenoxy) is 1. The van der Waals surface area contributed by atoms with Crippen molar-refractivity contribution >= 4 is 0 Å². The zero-order valence-electron chi connectivity index (χ0n) is 13.6. The van der Waals surface area contributed by atoms with Crippen LogP contribution in [0.15, 0.2) is 34.9 Å². The Balaban J connectivity index is 2.08. The minimum absolute atomic E-state index is 0.161. The number of rotatable bonds is 5. The molecule has 0 fully saturated rings. The lowest BCUT2D eigenvalue weighted by molar-refractivity contribution is 0.299. The van der Waals surface area contributed by atoms with Gasteiger partial charge < -0.3 is 14.5 Å². The Morgan fingerprint density at radius 3 is 2.57 bits per heavy atom. The van der Waals surface area contributed by atoms with Gasteiger partial charge >= 0.3 is 0 Å². The van der Waals surface area contributed by atoms with Crippen molar-refractivity contribution in [1.82, 2.24) is 5.32 Å². The van der Waals surface area contributed by atoms with E-state index >= 15 is 0 Å². The Morgan fingerprint density at radius 2 is 1.95 bits per heavy atom. The molecule has 0 bridgehead atoms. The summed E-state index contributed by atoms with van der Waals surface area (Å²) in [5.74, 6) is 1.86. The summed E-state index contributed by atoms with van der Waals surface area (Å²) in [7, 11) is 1.91. The van der Waals surface area contributed by atoms with E-state index in [1.165, 1.54) is 11.1 Å². The van der Waals surface area contributed by atoms with Crippen LogP contribution in [-0.4, -0.2) is 7.05 Å². The number of furan rings is 1. The Labute approximate surface area is 127 Å². The molecule has 1 aromatic heterocycles. The van der Waals surface area contributed by atoms with Crippen LogP contribution in [0.25, 0.3) is 0 Å². The van der Waals surface area contributed by atoms with Crippen molar-refractivity contribution in [3.8, 4) is 5.75 Å². The van der Waals surface area contributed by atoms with E-state index < -0.39 is 0 Å². The molecule has 1 N–H and O–H groups in total. The van der Waals surface area contributed by atoms with Gasteiger partial charge in [0.15, 0.2) is 0 Å². The molecular formula is C18H25NO2. The van der Waals surface area contributed by atoms with Crippen molar-refractivity contribution in [3.63, 3.8) is 0 Å². The molecule has 0 amide bonds. The highest BCUT2D eigenvalue weighted by Gasteiger charge is 2.15. The molecule has 3 heteroatoms. The Morgan fingerprint density at radius 1 is 1.19 bits per heavy atom. The quantitative estimate of drug-likeness (QED) is 0.895. The molecule has 0 atom stereocenters.